The summed E-state index contributed by atoms with van der Waals surface area (Å²) in [5, 5.41) is 12.5. The molecule has 27 heavy (non-hydrogen) atoms. The first kappa shape index (κ1) is 17.3. The lowest BCUT2D eigenvalue weighted by Crippen LogP contribution is -2.47. The van der Waals surface area contributed by atoms with E-state index in [-0.39, 0.29) is 0 Å². The third-order valence-electron chi connectivity index (χ3n) is 4.38. The number of alkyl halides is 3. The van der Waals surface area contributed by atoms with E-state index < -0.39 is 11.7 Å². The van der Waals surface area contributed by atoms with Crippen LogP contribution in [-0.4, -0.2) is 51.1 Å². The van der Waals surface area contributed by atoms with Gasteiger partial charge in [0.05, 0.1) is 5.56 Å². The summed E-state index contributed by atoms with van der Waals surface area (Å²) in [4.78, 5) is 7.97. The molecule has 0 aromatic carbocycles. The fourth-order valence-electron chi connectivity index (χ4n) is 2.95. The van der Waals surface area contributed by atoms with Gasteiger partial charge in [0.15, 0.2) is 11.6 Å². The molecule has 0 aliphatic carbocycles. The number of anilines is 2. The van der Waals surface area contributed by atoms with Gasteiger partial charge >= 0.3 is 6.18 Å². The van der Waals surface area contributed by atoms with Gasteiger partial charge in [0.1, 0.15) is 5.82 Å². The SMILES string of the molecule is FC(F)(F)c1ccnc(N2CCN(c3ccc(-n4cccn4)nn3)CC2)c1. The molecule has 1 saturated heterocycles. The highest BCUT2D eigenvalue weighted by atomic mass is 19.4. The number of piperazine rings is 1. The third kappa shape index (κ3) is 3.69. The monoisotopic (exact) mass is 375 g/mol. The summed E-state index contributed by atoms with van der Waals surface area (Å²) in [6.07, 6.45) is 0.274. The Bertz CT molecular complexity index is 886. The molecule has 0 saturated carbocycles. The predicted octanol–water partition coefficient (Wildman–Crippen LogP) is 2.40. The summed E-state index contributed by atoms with van der Waals surface area (Å²) < 4.78 is 40.3. The van der Waals surface area contributed by atoms with Crippen LogP contribution in [-0.2, 0) is 6.18 Å². The van der Waals surface area contributed by atoms with E-state index in [9.17, 15) is 13.2 Å². The van der Waals surface area contributed by atoms with Crippen molar-refractivity contribution in [2.75, 3.05) is 36.0 Å². The maximum absolute atomic E-state index is 12.9. The molecule has 10 heteroatoms. The molecule has 0 amide bonds. The van der Waals surface area contributed by atoms with Crippen molar-refractivity contribution in [1.82, 2.24) is 25.0 Å². The quantitative estimate of drug-likeness (QED) is 0.701. The van der Waals surface area contributed by atoms with Crippen LogP contribution < -0.4 is 9.80 Å². The van der Waals surface area contributed by atoms with E-state index in [0.717, 1.165) is 18.0 Å². The van der Waals surface area contributed by atoms with Gasteiger partial charge in [-0.1, -0.05) is 0 Å². The molecule has 4 heterocycles. The van der Waals surface area contributed by atoms with E-state index in [1.807, 2.05) is 21.9 Å². The smallest absolute Gasteiger partial charge is 0.353 e. The van der Waals surface area contributed by atoms with Crippen LogP contribution in [0.15, 0.2) is 48.9 Å². The normalized spacial score (nSPS) is 15.2. The van der Waals surface area contributed by atoms with Gasteiger partial charge in [0.2, 0.25) is 0 Å². The number of hydrogen-bond acceptors (Lipinski definition) is 6. The molecule has 1 fully saturated rings. The highest BCUT2D eigenvalue weighted by Crippen LogP contribution is 2.31. The van der Waals surface area contributed by atoms with Crippen molar-refractivity contribution in [3.63, 3.8) is 0 Å². The van der Waals surface area contributed by atoms with Crippen LogP contribution in [0.1, 0.15) is 5.56 Å². The van der Waals surface area contributed by atoms with E-state index in [4.69, 9.17) is 0 Å². The van der Waals surface area contributed by atoms with E-state index in [1.54, 1.807) is 23.1 Å². The highest BCUT2D eigenvalue weighted by Gasteiger charge is 2.31. The highest BCUT2D eigenvalue weighted by molar-refractivity contribution is 5.46. The molecule has 0 N–H and O–H groups in total. The van der Waals surface area contributed by atoms with Gasteiger partial charge < -0.3 is 9.80 Å². The first-order chi connectivity index (χ1) is 13.0. The lowest BCUT2D eigenvalue weighted by Gasteiger charge is -2.36. The van der Waals surface area contributed by atoms with Gasteiger partial charge in [-0.15, -0.1) is 10.2 Å². The molecule has 0 atom stereocenters. The van der Waals surface area contributed by atoms with Gasteiger partial charge in [-0.05, 0) is 30.3 Å². The summed E-state index contributed by atoms with van der Waals surface area (Å²) in [5.41, 5.74) is -0.685. The van der Waals surface area contributed by atoms with Crippen LogP contribution in [0.4, 0.5) is 24.8 Å². The molecule has 7 nitrogen and oxygen atoms in total. The Morgan fingerprint density at radius 3 is 2.07 bits per heavy atom. The van der Waals surface area contributed by atoms with Crippen molar-refractivity contribution in [2.24, 2.45) is 0 Å². The number of halogens is 3. The molecule has 3 aromatic heterocycles. The maximum atomic E-state index is 12.9. The molecular weight excluding hydrogens is 359 g/mol. The second-order valence-corrected chi connectivity index (χ2v) is 6.07. The van der Waals surface area contributed by atoms with Gasteiger partial charge in [-0.25, -0.2) is 9.67 Å². The van der Waals surface area contributed by atoms with Crippen LogP contribution in [0.2, 0.25) is 0 Å². The zero-order valence-electron chi connectivity index (χ0n) is 14.2. The van der Waals surface area contributed by atoms with Crippen LogP contribution in [0, 0.1) is 0 Å². The van der Waals surface area contributed by atoms with Crippen molar-refractivity contribution in [3.8, 4) is 5.82 Å². The molecule has 140 valence electrons. The molecule has 0 unspecified atom stereocenters. The summed E-state index contributed by atoms with van der Waals surface area (Å²) >= 11 is 0. The van der Waals surface area contributed by atoms with Gasteiger partial charge in [0.25, 0.3) is 0 Å². The average molecular weight is 375 g/mol. The number of hydrogen-bond donors (Lipinski definition) is 0. The van der Waals surface area contributed by atoms with Gasteiger partial charge in [-0.2, -0.15) is 18.3 Å². The Morgan fingerprint density at radius 1 is 0.815 bits per heavy atom. The summed E-state index contributed by atoms with van der Waals surface area (Å²) in [6.45, 7) is 2.34. The molecule has 1 aliphatic rings. The first-order valence-corrected chi connectivity index (χ1v) is 8.37. The Hall–Kier alpha value is -3.17. The zero-order valence-corrected chi connectivity index (χ0v) is 14.2. The topological polar surface area (TPSA) is 63.0 Å². The summed E-state index contributed by atoms with van der Waals surface area (Å²) in [5.74, 6) is 1.68. The molecule has 0 radical (unpaired) electrons. The Morgan fingerprint density at radius 2 is 1.48 bits per heavy atom. The molecular formula is C17H16F3N7. The average Bonchev–Trinajstić information content (AvgIpc) is 3.23. The second-order valence-electron chi connectivity index (χ2n) is 6.07. The van der Waals surface area contributed by atoms with E-state index in [1.165, 1.54) is 6.20 Å². The van der Waals surface area contributed by atoms with Crippen molar-refractivity contribution in [1.29, 1.82) is 0 Å². The molecule has 4 rings (SSSR count). The molecule has 0 bridgehead atoms. The number of pyridine rings is 1. The second kappa shape index (κ2) is 6.86. The summed E-state index contributed by atoms with van der Waals surface area (Å²) in [6, 6.07) is 7.57. The van der Waals surface area contributed by atoms with Crippen molar-refractivity contribution < 1.29 is 13.2 Å². The Balaban J connectivity index is 1.42. The minimum absolute atomic E-state index is 0.338. The minimum atomic E-state index is -4.37. The minimum Gasteiger partial charge on any atom is -0.353 e. The standard InChI is InChI=1S/C17H16F3N7/c18-17(19,20)13-4-6-21-16(12-13)26-10-8-25(9-11-26)14-2-3-15(24-23-14)27-7-1-5-22-27/h1-7,12H,8-11H2. The van der Waals surface area contributed by atoms with Gasteiger partial charge in [0, 0.05) is 44.8 Å². The van der Waals surface area contributed by atoms with E-state index >= 15 is 0 Å². The fourth-order valence-corrected chi connectivity index (χ4v) is 2.95. The fraction of sp³-hybridized carbons (Fsp3) is 0.294. The van der Waals surface area contributed by atoms with E-state index in [0.29, 0.717) is 37.8 Å². The lowest BCUT2D eigenvalue weighted by atomic mass is 10.2. The molecule has 1 aliphatic heterocycles. The largest absolute Gasteiger partial charge is 0.416 e. The molecule has 3 aromatic rings. The Kier molecular flexibility index (Phi) is 4.38. The van der Waals surface area contributed by atoms with Crippen LogP contribution in [0.3, 0.4) is 0 Å². The number of aromatic nitrogens is 5. The maximum Gasteiger partial charge on any atom is 0.416 e. The summed E-state index contributed by atoms with van der Waals surface area (Å²) in [7, 11) is 0. The predicted molar refractivity (Wildman–Crippen MR) is 92.8 cm³/mol. The third-order valence-corrected chi connectivity index (χ3v) is 4.38. The van der Waals surface area contributed by atoms with Crippen molar-refractivity contribution in [2.45, 2.75) is 6.18 Å². The van der Waals surface area contributed by atoms with Gasteiger partial charge in [-0.3, -0.25) is 0 Å². The lowest BCUT2D eigenvalue weighted by molar-refractivity contribution is -0.137. The zero-order chi connectivity index (χ0) is 18.9. The molecule has 0 spiro atoms. The van der Waals surface area contributed by atoms with E-state index in [2.05, 4.69) is 20.3 Å². The number of nitrogens with zero attached hydrogens (tertiary/aromatic N) is 7. The van der Waals surface area contributed by atoms with Crippen LogP contribution in [0.5, 0.6) is 0 Å². The Labute approximate surface area is 153 Å². The van der Waals surface area contributed by atoms with Crippen molar-refractivity contribution >= 4 is 11.6 Å². The first-order valence-electron chi connectivity index (χ1n) is 8.37. The number of rotatable bonds is 3. The van der Waals surface area contributed by atoms with Crippen LogP contribution >= 0.6 is 0 Å². The van der Waals surface area contributed by atoms with Crippen LogP contribution in [0.25, 0.3) is 5.82 Å². The van der Waals surface area contributed by atoms with Crippen molar-refractivity contribution in [3.05, 3.63) is 54.5 Å².